The highest BCUT2D eigenvalue weighted by molar-refractivity contribution is 5.95. The molecule has 1 saturated heterocycles. The van der Waals surface area contributed by atoms with Crippen molar-refractivity contribution >= 4 is 11.7 Å². The van der Waals surface area contributed by atoms with Gasteiger partial charge in [-0.2, -0.15) is 15.1 Å². The normalized spacial score (nSPS) is 19.1. The van der Waals surface area contributed by atoms with Crippen LogP contribution in [0.2, 0.25) is 0 Å². The maximum atomic E-state index is 13.3. The number of nitrogens with zero attached hydrogens (tertiary/aromatic N) is 6. The fraction of sp³-hybridized carbons (Fsp3) is 0.421. The SMILES string of the molecule is COc1cc(C(=O)N2CC[C@@H](O)[C@H](c3cc(C(F)F)nc4ncnn34)C2)cc(OC)n1. The number of fused-ring (bicyclic) bond motifs is 1. The Bertz CT molecular complexity index is 1090. The van der Waals surface area contributed by atoms with E-state index >= 15 is 0 Å². The Labute approximate surface area is 175 Å². The summed E-state index contributed by atoms with van der Waals surface area (Å²) in [5.41, 5.74) is 0.148. The molecule has 1 fully saturated rings. The summed E-state index contributed by atoms with van der Waals surface area (Å²) in [4.78, 5) is 26.5. The van der Waals surface area contributed by atoms with Crippen LogP contribution in [0.4, 0.5) is 8.78 Å². The van der Waals surface area contributed by atoms with Gasteiger partial charge in [0.2, 0.25) is 11.8 Å². The highest BCUT2D eigenvalue weighted by Crippen LogP contribution is 2.31. The summed E-state index contributed by atoms with van der Waals surface area (Å²) in [5, 5.41) is 14.7. The predicted octanol–water partition coefficient (Wildman–Crippen LogP) is 1.46. The number of methoxy groups -OCH3 is 2. The van der Waals surface area contributed by atoms with Crippen LogP contribution in [0.3, 0.4) is 0 Å². The van der Waals surface area contributed by atoms with Crippen molar-refractivity contribution in [2.24, 2.45) is 0 Å². The van der Waals surface area contributed by atoms with Crippen molar-refractivity contribution in [3.05, 3.63) is 41.5 Å². The summed E-state index contributed by atoms with van der Waals surface area (Å²) >= 11 is 0. The third-order valence-electron chi connectivity index (χ3n) is 5.21. The van der Waals surface area contributed by atoms with Crippen LogP contribution < -0.4 is 9.47 Å². The summed E-state index contributed by atoms with van der Waals surface area (Å²) < 4.78 is 38.2. The van der Waals surface area contributed by atoms with Crippen molar-refractivity contribution in [3.63, 3.8) is 0 Å². The molecule has 0 spiro atoms. The molecule has 1 N–H and O–H groups in total. The van der Waals surface area contributed by atoms with Crippen molar-refractivity contribution in [1.29, 1.82) is 0 Å². The lowest BCUT2D eigenvalue weighted by Gasteiger charge is -2.36. The molecule has 0 radical (unpaired) electrons. The fourth-order valence-electron chi connectivity index (χ4n) is 3.64. The number of hydrogen-bond donors (Lipinski definition) is 1. The average Bonchev–Trinajstić information content (AvgIpc) is 3.26. The van der Waals surface area contributed by atoms with Crippen molar-refractivity contribution in [1.82, 2.24) is 29.5 Å². The molecule has 4 rings (SSSR count). The topological polar surface area (TPSA) is 115 Å². The molecular formula is C19H20F2N6O4. The van der Waals surface area contributed by atoms with Gasteiger partial charge in [0.05, 0.1) is 31.6 Å². The molecule has 0 unspecified atom stereocenters. The molecule has 2 atom stereocenters. The second kappa shape index (κ2) is 8.38. The fourth-order valence-corrected chi connectivity index (χ4v) is 3.64. The lowest BCUT2D eigenvalue weighted by atomic mass is 9.90. The quantitative estimate of drug-likeness (QED) is 0.642. The molecule has 3 aromatic rings. The summed E-state index contributed by atoms with van der Waals surface area (Å²) in [5.74, 6) is -0.540. The molecular weight excluding hydrogens is 414 g/mol. The minimum Gasteiger partial charge on any atom is -0.481 e. The standard InChI is InChI=1S/C19H20F2N6O4/c1-30-15-5-10(6-16(25-15)31-2)18(29)26-4-3-14(28)11(8-26)13-7-12(17(20)21)24-19-22-9-23-27(13)19/h5-7,9,11,14,17,28H,3-4,8H2,1-2H3/t11-,14+/m0/s1. The van der Waals surface area contributed by atoms with E-state index in [1.165, 1.54) is 48.2 Å². The molecule has 0 aliphatic carbocycles. The molecule has 1 amide bonds. The first-order valence-electron chi connectivity index (χ1n) is 9.47. The van der Waals surface area contributed by atoms with E-state index in [-0.39, 0.29) is 43.0 Å². The molecule has 0 saturated carbocycles. The number of amides is 1. The van der Waals surface area contributed by atoms with Crippen LogP contribution in [0.25, 0.3) is 5.78 Å². The molecule has 31 heavy (non-hydrogen) atoms. The van der Waals surface area contributed by atoms with Crippen molar-refractivity contribution in [2.75, 3.05) is 27.3 Å². The van der Waals surface area contributed by atoms with Crippen LogP contribution >= 0.6 is 0 Å². The van der Waals surface area contributed by atoms with Crippen LogP contribution in [0.15, 0.2) is 24.5 Å². The first-order valence-corrected chi connectivity index (χ1v) is 9.47. The highest BCUT2D eigenvalue weighted by Gasteiger charge is 2.34. The first kappa shape index (κ1) is 20.8. The van der Waals surface area contributed by atoms with E-state index in [0.29, 0.717) is 11.3 Å². The summed E-state index contributed by atoms with van der Waals surface area (Å²) in [6.07, 6.45) is -2.20. The minimum atomic E-state index is -2.81. The zero-order valence-electron chi connectivity index (χ0n) is 16.8. The van der Waals surface area contributed by atoms with Gasteiger partial charge in [0.25, 0.3) is 18.1 Å². The van der Waals surface area contributed by atoms with Gasteiger partial charge in [0.15, 0.2) is 0 Å². The van der Waals surface area contributed by atoms with Crippen LogP contribution in [0.1, 0.15) is 40.5 Å². The maximum Gasteiger partial charge on any atom is 0.280 e. The molecule has 164 valence electrons. The smallest absolute Gasteiger partial charge is 0.280 e. The number of likely N-dealkylation sites (tertiary alicyclic amines) is 1. The van der Waals surface area contributed by atoms with E-state index in [4.69, 9.17) is 9.47 Å². The van der Waals surface area contributed by atoms with Gasteiger partial charge in [0.1, 0.15) is 12.0 Å². The van der Waals surface area contributed by atoms with Gasteiger partial charge in [-0.25, -0.2) is 18.3 Å². The maximum absolute atomic E-state index is 13.3. The Morgan fingerprint density at radius 1 is 1.19 bits per heavy atom. The lowest BCUT2D eigenvalue weighted by Crippen LogP contribution is -2.45. The zero-order valence-corrected chi connectivity index (χ0v) is 16.8. The molecule has 3 aromatic heterocycles. The van der Waals surface area contributed by atoms with Crippen LogP contribution in [0, 0.1) is 0 Å². The van der Waals surface area contributed by atoms with Gasteiger partial charge in [-0.05, 0) is 12.5 Å². The van der Waals surface area contributed by atoms with Crippen LogP contribution in [-0.4, -0.2) is 73.9 Å². The molecule has 1 aliphatic rings. The number of hydrogen-bond acceptors (Lipinski definition) is 8. The van der Waals surface area contributed by atoms with E-state index in [0.717, 1.165) is 0 Å². The Balaban J connectivity index is 1.67. The second-order valence-electron chi connectivity index (χ2n) is 7.03. The number of halogens is 2. The van der Waals surface area contributed by atoms with Crippen LogP contribution in [0.5, 0.6) is 11.8 Å². The molecule has 1 aliphatic heterocycles. The largest absolute Gasteiger partial charge is 0.481 e. The Morgan fingerprint density at radius 2 is 1.90 bits per heavy atom. The van der Waals surface area contributed by atoms with E-state index in [2.05, 4.69) is 20.1 Å². The van der Waals surface area contributed by atoms with Gasteiger partial charge in [0, 0.05) is 31.1 Å². The van der Waals surface area contributed by atoms with Crippen molar-refractivity contribution in [3.8, 4) is 11.8 Å². The molecule has 0 aromatic carbocycles. The van der Waals surface area contributed by atoms with Gasteiger partial charge in [-0.15, -0.1) is 0 Å². The number of piperidine rings is 1. The third kappa shape index (κ3) is 3.98. The molecule has 0 bridgehead atoms. The molecule has 12 heteroatoms. The predicted molar refractivity (Wildman–Crippen MR) is 102 cm³/mol. The summed E-state index contributed by atoms with van der Waals surface area (Å²) in [6, 6.07) is 4.18. The molecule has 4 heterocycles. The number of pyridine rings is 1. The second-order valence-corrected chi connectivity index (χ2v) is 7.03. The number of aliphatic hydroxyl groups excluding tert-OH is 1. The first-order chi connectivity index (χ1) is 14.9. The Morgan fingerprint density at radius 3 is 2.55 bits per heavy atom. The lowest BCUT2D eigenvalue weighted by molar-refractivity contribution is 0.0432. The highest BCUT2D eigenvalue weighted by atomic mass is 19.3. The Kier molecular flexibility index (Phi) is 5.63. The van der Waals surface area contributed by atoms with E-state index in [1.54, 1.807) is 0 Å². The van der Waals surface area contributed by atoms with Gasteiger partial charge >= 0.3 is 0 Å². The average molecular weight is 434 g/mol. The number of aromatic nitrogens is 5. The van der Waals surface area contributed by atoms with Gasteiger partial charge in [-0.1, -0.05) is 0 Å². The number of carbonyl (C=O) groups is 1. The number of aliphatic hydroxyl groups is 1. The minimum absolute atomic E-state index is 0.00653. The van der Waals surface area contributed by atoms with Crippen LogP contribution in [-0.2, 0) is 0 Å². The summed E-state index contributed by atoms with van der Waals surface area (Å²) in [7, 11) is 2.85. The Hall–Kier alpha value is -3.41. The van der Waals surface area contributed by atoms with E-state index in [9.17, 15) is 18.7 Å². The van der Waals surface area contributed by atoms with Gasteiger partial charge < -0.3 is 19.5 Å². The number of ether oxygens (including phenoxy) is 2. The number of rotatable bonds is 5. The third-order valence-corrected chi connectivity index (χ3v) is 5.21. The monoisotopic (exact) mass is 434 g/mol. The van der Waals surface area contributed by atoms with E-state index in [1.807, 2.05) is 0 Å². The van der Waals surface area contributed by atoms with Crippen molar-refractivity contribution in [2.45, 2.75) is 24.9 Å². The van der Waals surface area contributed by atoms with Crippen molar-refractivity contribution < 1.29 is 28.2 Å². The van der Waals surface area contributed by atoms with Gasteiger partial charge in [-0.3, -0.25) is 4.79 Å². The van der Waals surface area contributed by atoms with E-state index < -0.39 is 24.1 Å². The zero-order chi connectivity index (χ0) is 22.1. The molecule has 10 nitrogen and oxygen atoms in total. The number of alkyl halides is 2. The number of carbonyl (C=O) groups excluding carboxylic acids is 1. The summed E-state index contributed by atoms with van der Waals surface area (Å²) in [6.45, 7) is 0.380.